The number of hydrogen-bond acceptors (Lipinski definition) is 7. The lowest BCUT2D eigenvalue weighted by molar-refractivity contribution is -0.384. The van der Waals surface area contributed by atoms with Crippen LogP contribution in [0.3, 0.4) is 0 Å². The van der Waals surface area contributed by atoms with Crippen LogP contribution in [-0.2, 0) is 20.8 Å². The van der Waals surface area contributed by atoms with E-state index in [9.17, 15) is 24.5 Å². The summed E-state index contributed by atoms with van der Waals surface area (Å²) in [6.45, 7) is -0.386. The van der Waals surface area contributed by atoms with E-state index >= 15 is 0 Å². The second-order valence-electron chi connectivity index (χ2n) is 5.46. The van der Waals surface area contributed by atoms with Crippen molar-refractivity contribution in [2.45, 2.75) is 6.54 Å². The minimum Gasteiger partial charge on any atom is -0.465 e. The quantitative estimate of drug-likeness (QED) is 0.425. The Bertz CT molecular complexity index is 913. The Hall–Kier alpha value is -3.46. The van der Waals surface area contributed by atoms with Gasteiger partial charge in [-0.25, -0.2) is 9.59 Å². The molecule has 0 atom stereocenters. The highest BCUT2D eigenvalue weighted by Crippen LogP contribution is 2.23. The Morgan fingerprint density at radius 2 is 1.79 bits per heavy atom. The van der Waals surface area contributed by atoms with Gasteiger partial charge in [-0.05, 0) is 23.8 Å². The van der Waals surface area contributed by atoms with Gasteiger partial charge in [0.05, 0.1) is 28.2 Å². The SMILES string of the molecule is COC(=O)c1ccc(CNC(=O)COC(=O)c2ccc([N+](=O)[O-])cc2Cl)cc1. The average molecular weight is 407 g/mol. The van der Waals surface area contributed by atoms with Gasteiger partial charge in [0.1, 0.15) is 0 Å². The number of ether oxygens (including phenoxy) is 2. The molecular weight excluding hydrogens is 392 g/mol. The number of hydrogen-bond donors (Lipinski definition) is 1. The average Bonchev–Trinajstić information content (AvgIpc) is 2.70. The smallest absolute Gasteiger partial charge is 0.340 e. The van der Waals surface area contributed by atoms with Crippen LogP contribution in [0.1, 0.15) is 26.3 Å². The molecule has 0 aliphatic carbocycles. The molecule has 2 rings (SSSR count). The largest absolute Gasteiger partial charge is 0.465 e. The van der Waals surface area contributed by atoms with Crippen molar-refractivity contribution in [2.75, 3.05) is 13.7 Å². The molecule has 146 valence electrons. The van der Waals surface area contributed by atoms with Crippen LogP contribution < -0.4 is 5.32 Å². The summed E-state index contributed by atoms with van der Waals surface area (Å²) < 4.78 is 9.45. The molecule has 0 aliphatic rings. The lowest BCUT2D eigenvalue weighted by Gasteiger charge is -2.08. The van der Waals surface area contributed by atoms with Crippen molar-refractivity contribution >= 4 is 35.1 Å². The topological polar surface area (TPSA) is 125 Å². The molecule has 9 nitrogen and oxygen atoms in total. The molecule has 0 saturated heterocycles. The Balaban J connectivity index is 1.84. The molecule has 2 aromatic carbocycles. The highest BCUT2D eigenvalue weighted by molar-refractivity contribution is 6.33. The Morgan fingerprint density at radius 1 is 1.11 bits per heavy atom. The standard InChI is InChI=1S/C18H15ClN2O7/c1-27-17(23)12-4-2-11(3-5-12)9-20-16(22)10-28-18(24)14-7-6-13(21(25)26)8-15(14)19/h2-8H,9-10H2,1H3,(H,20,22). The molecule has 1 amide bonds. The normalized spacial score (nSPS) is 10.1. The van der Waals surface area contributed by atoms with Crippen LogP contribution in [0.25, 0.3) is 0 Å². The van der Waals surface area contributed by atoms with Gasteiger partial charge in [0.2, 0.25) is 0 Å². The number of nitrogens with one attached hydrogen (secondary N) is 1. The van der Waals surface area contributed by atoms with Gasteiger partial charge in [0.15, 0.2) is 6.61 Å². The highest BCUT2D eigenvalue weighted by atomic mass is 35.5. The minimum absolute atomic E-state index is 0.0848. The van der Waals surface area contributed by atoms with E-state index in [1.165, 1.54) is 7.11 Å². The third-order valence-electron chi connectivity index (χ3n) is 3.58. The molecule has 10 heteroatoms. The van der Waals surface area contributed by atoms with Crippen molar-refractivity contribution < 1.29 is 28.8 Å². The summed E-state index contributed by atoms with van der Waals surface area (Å²) in [7, 11) is 1.28. The second-order valence-corrected chi connectivity index (χ2v) is 5.87. The predicted molar refractivity (Wildman–Crippen MR) is 98.0 cm³/mol. The summed E-state index contributed by atoms with van der Waals surface area (Å²) in [4.78, 5) is 45.1. The molecule has 1 N–H and O–H groups in total. The molecule has 28 heavy (non-hydrogen) atoms. The first-order valence-corrected chi connectivity index (χ1v) is 8.24. The number of halogens is 1. The van der Waals surface area contributed by atoms with Crippen molar-refractivity contribution in [2.24, 2.45) is 0 Å². The molecule has 0 fully saturated rings. The fourth-order valence-electron chi connectivity index (χ4n) is 2.12. The van der Waals surface area contributed by atoms with Crippen molar-refractivity contribution in [3.63, 3.8) is 0 Å². The molecular formula is C18H15ClN2O7. The van der Waals surface area contributed by atoms with Crippen LogP contribution in [0.5, 0.6) is 0 Å². The van der Waals surface area contributed by atoms with Gasteiger partial charge >= 0.3 is 11.9 Å². The Kier molecular flexibility index (Phi) is 7.05. The van der Waals surface area contributed by atoms with Gasteiger partial charge in [-0.2, -0.15) is 0 Å². The number of nitrogens with zero attached hydrogens (tertiary/aromatic N) is 1. The van der Waals surface area contributed by atoms with Crippen LogP contribution in [-0.4, -0.2) is 36.5 Å². The first kappa shape index (κ1) is 20.8. The number of nitro groups is 1. The number of esters is 2. The number of rotatable bonds is 7. The van der Waals surface area contributed by atoms with Gasteiger partial charge in [0, 0.05) is 18.7 Å². The van der Waals surface area contributed by atoms with Gasteiger partial charge < -0.3 is 14.8 Å². The van der Waals surface area contributed by atoms with Crippen molar-refractivity contribution in [3.8, 4) is 0 Å². The lowest BCUT2D eigenvalue weighted by atomic mass is 10.1. The third-order valence-corrected chi connectivity index (χ3v) is 3.90. The van der Waals surface area contributed by atoms with E-state index in [4.69, 9.17) is 16.3 Å². The van der Waals surface area contributed by atoms with Gasteiger partial charge in [-0.15, -0.1) is 0 Å². The molecule has 0 aromatic heterocycles. The number of carbonyl (C=O) groups excluding carboxylic acids is 3. The molecule has 0 heterocycles. The third kappa shape index (κ3) is 5.52. The molecule has 0 unspecified atom stereocenters. The van der Waals surface area contributed by atoms with Crippen LogP contribution in [0.2, 0.25) is 5.02 Å². The molecule has 0 spiro atoms. The zero-order valence-electron chi connectivity index (χ0n) is 14.6. The van der Waals surface area contributed by atoms with Crippen molar-refractivity contribution in [3.05, 3.63) is 74.3 Å². The van der Waals surface area contributed by atoms with Crippen molar-refractivity contribution in [1.82, 2.24) is 5.32 Å². The molecule has 0 radical (unpaired) electrons. The van der Waals surface area contributed by atoms with Crippen LogP contribution in [0.15, 0.2) is 42.5 Å². The van der Waals surface area contributed by atoms with Gasteiger partial charge in [-0.1, -0.05) is 23.7 Å². The molecule has 0 bridgehead atoms. The maximum atomic E-state index is 12.0. The monoisotopic (exact) mass is 406 g/mol. The first-order valence-electron chi connectivity index (χ1n) is 7.87. The summed E-state index contributed by atoms with van der Waals surface area (Å²) in [6.07, 6.45) is 0. The molecule has 2 aromatic rings. The van der Waals surface area contributed by atoms with E-state index in [0.717, 1.165) is 23.8 Å². The van der Waals surface area contributed by atoms with E-state index in [2.05, 4.69) is 10.1 Å². The summed E-state index contributed by atoms with van der Waals surface area (Å²) in [5, 5.41) is 13.1. The number of benzene rings is 2. The van der Waals surface area contributed by atoms with Crippen LogP contribution in [0.4, 0.5) is 5.69 Å². The maximum absolute atomic E-state index is 12.0. The summed E-state index contributed by atoms with van der Waals surface area (Å²) in [5.74, 6) is -1.90. The molecule has 0 aliphatic heterocycles. The number of nitro benzene ring substituents is 1. The summed E-state index contributed by atoms with van der Waals surface area (Å²) in [5.41, 5.74) is 0.758. The highest BCUT2D eigenvalue weighted by Gasteiger charge is 2.17. The fourth-order valence-corrected chi connectivity index (χ4v) is 2.37. The Morgan fingerprint density at radius 3 is 2.36 bits per heavy atom. The Labute approximate surface area is 164 Å². The number of carbonyl (C=O) groups is 3. The van der Waals surface area contributed by atoms with E-state index in [0.29, 0.717) is 5.56 Å². The number of amides is 1. The summed E-state index contributed by atoms with van der Waals surface area (Å²) in [6, 6.07) is 9.71. The predicted octanol–water partition coefficient (Wildman–Crippen LogP) is 2.51. The minimum atomic E-state index is -0.877. The maximum Gasteiger partial charge on any atom is 0.340 e. The van der Waals surface area contributed by atoms with Crippen LogP contribution in [0, 0.1) is 10.1 Å². The first-order chi connectivity index (χ1) is 13.3. The van der Waals surface area contributed by atoms with E-state index < -0.39 is 29.4 Å². The van der Waals surface area contributed by atoms with Crippen molar-refractivity contribution in [1.29, 1.82) is 0 Å². The van der Waals surface area contributed by atoms with E-state index in [1.807, 2.05) is 0 Å². The van der Waals surface area contributed by atoms with Gasteiger partial charge in [0.25, 0.3) is 11.6 Å². The fraction of sp³-hybridized carbons (Fsp3) is 0.167. The lowest BCUT2D eigenvalue weighted by Crippen LogP contribution is -2.28. The second kappa shape index (κ2) is 9.47. The summed E-state index contributed by atoms with van der Waals surface area (Å²) >= 11 is 5.83. The number of non-ortho nitro benzene ring substituents is 1. The van der Waals surface area contributed by atoms with Gasteiger partial charge in [-0.3, -0.25) is 14.9 Å². The van der Waals surface area contributed by atoms with Crippen LogP contribution >= 0.6 is 11.6 Å². The van der Waals surface area contributed by atoms with E-state index in [1.54, 1.807) is 24.3 Å². The zero-order valence-corrected chi connectivity index (χ0v) is 15.4. The zero-order chi connectivity index (χ0) is 20.7. The molecule has 0 saturated carbocycles. The number of methoxy groups -OCH3 is 1. The van der Waals surface area contributed by atoms with E-state index in [-0.39, 0.29) is 22.8 Å².